The van der Waals surface area contributed by atoms with Crippen LogP contribution < -0.4 is 11.1 Å². The van der Waals surface area contributed by atoms with Crippen LogP contribution in [0.1, 0.15) is 46.0 Å². The van der Waals surface area contributed by atoms with Crippen molar-refractivity contribution in [2.75, 3.05) is 6.54 Å². The number of halogens is 3. The summed E-state index contributed by atoms with van der Waals surface area (Å²) in [4.78, 5) is 12.1. The molecule has 3 atom stereocenters. The number of alkyl halides is 3. The van der Waals surface area contributed by atoms with Crippen LogP contribution in [0.4, 0.5) is 13.2 Å². The van der Waals surface area contributed by atoms with Crippen molar-refractivity contribution >= 4 is 5.91 Å². The molecule has 20 heavy (non-hydrogen) atoms. The number of amides is 1. The largest absolute Gasteiger partial charge is 0.391 e. The molecule has 0 aliphatic heterocycles. The van der Waals surface area contributed by atoms with Gasteiger partial charge in [-0.1, -0.05) is 20.3 Å². The molecule has 1 amide bonds. The second-order valence-corrected chi connectivity index (χ2v) is 6.04. The Balaban J connectivity index is 2.58. The average molecular weight is 294 g/mol. The maximum Gasteiger partial charge on any atom is 0.391 e. The Hall–Kier alpha value is -0.780. The predicted molar refractivity (Wildman–Crippen MR) is 71.9 cm³/mol. The van der Waals surface area contributed by atoms with Crippen LogP contribution in [-0.4, -0.2) is 24.7 Å². The van der Waals surface area contributed by atoms with Gasteiger partial charge < -0.3 is 11.1 Å². The number of carbonyl (C=O) groups is 1. The van der Waals surface area contributed by atoms with E-state index >= 15 is 0 Å². The summed E-state index contributed by atoms with van der Waals surface area (Å²) in [6.45, 7) is 4.40. The van der Waals surface area contributed by atoms with Crippen LogP contribution in [0.15, 0.2) is 0 Å². The molecule has 0 saturated heterocycles. The summed E-state index contributed by atoms with van der Waals surface area (Å²) in [6, 6.07) is -0.0567. The lowest BCUT2D eigenvalue weighted by Gasteiger charge is -2.31. The third-order valence-electron chi connectivity index (χ3n) is 4.12. The highest BCUT2D eigenvalue weighted by Gasteiger charge is 2.43. The van der Waals surface area contributed by atoms with Crippen LogP contribution in [0.2, 0.25) is 0 Å². The van der Waals surface area contributed by atoms with Gasteiger partial charge in [0.1, 0.15) is 0 Å². The highest BCUT2D eigenvalue weighted by atomic mass is 19.4. The highest BCUT2D eigenvalue weighted by Crippen LogP contribution is 2.40. The molecule has 0 aromatic carbocycles. The first-order chi connectivity index (χ1) is 9.25. The summed E-state index contributed by atoms with van der Waals surface area (Å²) in [5.74, 6) is -1.87. The van der Waals surface area contributed by atoms with E-state index in [2.05, 4.69) is 5.32 Å². The third-order valence-corrected chi connectivity index (χ3v) is 4.12. The number of nitrogens with one attached hydrogen (secondary N) is 1. The normalized spacial score (nSPS) is 25.6. The van der Waals surface area contributed by atoms with Gasteiger partial charge in [-0.25, -0.2) is 0 Å². The zero-order valence-electron chi connectivity index (χ0n) is 12.2. The quantitative estimate of drug-likeness (QED) is 0.819. The van der Waals surface area contributed by atoms with E-state index in [0.717, 1.165) is 0 Å². The van der Waals surface area contributed by atoms with Crippen molar-refractivity contribution in [3.8, 4) is 0 Å². The minimum absolute atomic E-state index is 0.0567. The van der Waals surface area contributed by atoms with Crippen LogP contribution in [-0.2, 0) is 4.79 Å². The van der Waals surface area contributed by atoms with Crippen molar-refractivity contribution in [1.82, 2.24) is 5.32 Å². The maximum atomic E-state index is 12.7. The van der Waals surface area contributed by atoms with Gasteiger partial charge in [0.25, 0.3) is 0 Å². The Kier molecular flexibility index (Phi) is 6.30. The Morgan fingerprint density at radius 3 is 2.50 bits per heavy atom. The van der Waals surface area contributed by atoms with Gasteiger partial charge in [0.2, 0.25) is 5.91 Å². The summed E-state index contributed by atoms with van der Waals surface area (Å²) in [5, 5.41) is 2.87. The van der Waals surface area contributed by atoms with Gasteiger partial charge in [-0.2, -0.15) is 13.2 Å². The first kappa shape index (κ1) is 17.3. The first-order valence-corrected chi connectivity index (χ1v) is 7.32. The lowest BCUT2D eigenvalue weighted by Crippen LogP contribution is -2.44. The van der Waals surface area contributed by atoms with E-state index in [1.807, 2.05) is 13.8 Å². The van der Waals surface area contributed by atoms with Gasteiger partial charge in [-0.05, 0) is 38.1 Å². The van der Waals surface area contributed by atoms with E-state index in [-0.39, 0.29) is 30.7 Å². The summed E-state index contributed by atoms with van der Waals surface area (Å²) < 4.78 is 38.2. The molecule has 1 saturated carbocycles. The van der Waals surface area contributed by atoms with Gasteiger partial charge in [-0.3, -0.25) is 4.79 Å². The average Bonchev–Trinajstić information content (AvgIpc) is 2.37. The molecule has 1 aliphatic rings. The summed E-state index contributed by atoms with van der Waals surface area (Å²) >= 11 is 0. The van der Waals surface area contributed by atoms with E-state index in [1.165, 1.54) is 0 Å². The van der Waals surface area contributed by atoms with Crippen molar-refractivity contribution in [2.24, 2.45) is 23.5 Å². The molecular weight excluding hydrogens is 269 g/mol. The molecule has 118 valence electrons. The number of hydrogen-bond donors (Lipinski definition) is 2. The predicted octanol–water partition coefficient (Wildman–Crippen LogP) is 2.84. The van der Waals surface area contributed by atoms with Gasteiger partial charge >= 0.3 is 6.18 Å². The first-order valence-electron chi connectivity index (χ1n) is 7.32. The number of carbonyl (C=O) groups excluding carboxylic acids is 1. The smallest absolute Gasteiger partial charge is 0.353 e. The van der Waals surface area contributed by atoms with Crippen molar-refractivity contribution in [3.63, 3.8) is 0 Å². The van der Waals surface area contributed by atoms with Crippen molar-refractivity contribution < 1.29 is 18.0 Å². The van der Waals surface area contributed by atoms with Crippen LogP contribution in [0.3, 0.4) is 0 Å². The monoisotopic (exact) mass is 294 g/mol. The number of hydrogen-bond acceptors (Lipinski definition) is 2. The Morgan fingerprint density at radius 2 is 2.00 bits per heavy atom. The van der Waals surface area contributed by atoms with Gasteiger partial charge in [0.05, 0.1) is 5.92 Å². The van der Waals surface area contributed by atoms with Crippen molar-refractivity contribution in [1.29, 1.82) is 0 Å². The molecule has 3 nitrogen and oxygen atoms in total. The van der Waals surface area contributed by atoms with Gasteiger partial charge in [0.15, 0.2) is 0 Å². The summed E-state index contributed by atoms with van der Waals surface area (Å²) in [5.41, 5.74) is 5.50. The van der Waals surface area contributed by atoms with Gasteiger partial charge in [-0.15, -0.1) is 0 Å². The lowest BCUT2D eigenvalue weighted by molar-refractivity contribution is -0.186. The molecule has 1 aliphatic carbocycles. The molecule has 3 unspecified atom stereocenters. The van der Waals surface area contributed by atoms with E-state index in [9.17, 15) is 18.0 Å². The summed E-state index contributed by atoms with van der Waals surface area (Å²) in [7, 11) is 0. The molecule has 1 fully saturated rings. The zero-order valence-corrected chi connectivity index (χ0v) is 12.2. The second-order valence-electron chi connectivity index (χ2n) is 6.04. The number of rotatable bonds is 5. The maximum absolute atomic E-state index is 12.7. The number of nitrogens with two attached hydrogens (primary N) is 1. The van der Waals surface area contributed by atoms with E-state index < -0.39 is 18.0 Å². The fourth-order valence-electron chi connectivity index (χ4n) is 2.78. The Bertz CT molecular complexity index is 318. The minimum Gasteiger partial charge on any atom is -0.353 e. The van der Waals surface area contributed by atoms with Crippen LogP contribution in [0, 0.1) is 17.8 Å². The van der Waals surface area contributed by atoms with E-state index in [0.29, 0.717) is 25.8 Å². The molecular formula is C14H25F3N2O. The molecule has 0 radical (unpaired) electrons. The fourth-order valence-corrected chi connectivity index (χ4v) is 2.78. The molecule has 6 heteroatoms. The third kappa shape index (κ3) is 4.96. The molecule has 1 rings (SSSR count). The molecule has 3 N–H and O–H groups in total. The minimum atomic E-state index is -4.19. The van der Waals surface area contributed by atoms with E-state index in [4.69, 9.17) is 5.73 Å². The fraction of sp³-hybridized carbons (Fsp3) is 0.929. The van der Waals surface area contributed by atoms with Crippen molar-refractivity contribution in [3.05, 3.63) is 0 Å². The van der Waals surface area contributed by atoms with E-state index in [1.54, 1.807) is 0 Å². The molecule has 0 aromatic heterocycles. The second kappa shape index (κ2) is 7.29. The highest BCUT2D eigenvalue weighted by molar-refractivity contribution is 5.79. The molecule has 0 aromatic rings. The van der Waals surface area contributed by atoms with Crippen LogP contribution in [0.25, 0.3) is 0 Å². The van der Waals surface area contributed by atoms with Crippen LogP contribution in [0.5, 0.6) is 0 Å². The van der Waals surface area contributed by atoms with Crippen molar-refractivity contribution in [2.45, 2.75) is 58.2 Å². The molecule has 0 bridgehead atoms. The van der Waals surface area contributed by atoms with Gasteiger partial charge in [0, 0.05) is 12.0 Å². The summed E-state index contributed by atoms with van der Waals surface area (Å²) in [6.07, 6.45) is -2.46. The molecule has 0 heterocycles. The lowest BCUT2D eigenvalue weighted by atomic mass is 9.80. The molecule has 0 spiro atoms. The topological polar surface area (TPSA) is 55.1 Å². The zero-order chi connectivity index (χ0) is 15.3. The standard InChI is InChI=1S/C14H25F3N2O/c1-9(2)12(6-7-18)19-13(20)10-4-3-5-11(8-10)14(15,16)17/h9-12H,3-8,18H2,1-2H3,(H,19,20). The Labute approximate surface area is 118 Å². The Morgan fingerprint density at radius 1 is 1.35 bits per heavy atom. The van der Waals surface area contributed by atoms with Crippen LogP contribution >= 0.6 is 0 Å². The SMILES string of the molecule is CC(C)C(CCN)NC(=O)C1CCCC(C(F)(F)F)C1.